The molecule has 0 amide bonds. The molecule has 188 valence electrons. The Morgan fingerprint density at radius 1 is 1.23 bits per heavy atom. The first-order valence-electron chi connectivity index (χ1n) is 10.3. The molecule has 2 unspecified atom stereocenters. The third-order valence-corrected chi connectivity index (χ3v) is 8.32. The predicted molar refractivity (Wildman–Crippen MR) is 122 cm³/mol. The molecule has 4 heterocycles. The van der Waals surface area contributed by atoms with E-state index in [1.54, 1.807) is 0 Å². The molecule has 0 saturated carbocycles. The van der Waals surface area contributed by atoms with Crippen LogP contribution >= 0.6 is 18.3 Å². The number of anilines is 1. The van der Waals surface area contributed by atoms with Crippen LogP contribution in [0, 0.1) is 11.6 Å². The number of hydrogen-bond acceptors (Lipinski definition) is 11. The lowest BCUT2D eigenvalue weighted by atomic mass is 10.1. The van der Waals surface area contributed by atoms with Crippen molar-refractivity contribution in [2.24, 2.45) is 0 Å². The van der Waals surface area contributed by atoms with E-state index in [4.69, 9.17) is 47.4 Å². The largest absolute Gasteiger partial charge is 0.387 e. The summed E-state index contributed by atoms with van der Waals surface area (Å²) in [6.07, 6.45) is -2.80. The zero-order chi connectivity index (χ0) is 24.9. The van der Waals surface area contributed by atoms with Crippen LogP contribution in [0.5, 0.6) is 0 Å². The van der Waals surface area contributed by atoms with Crippen molar-refractivity contribution in [1.82, 2.24) is 19.5 Å². The summed E-state index contributed by atoms with van der Waals surface area (Å²) in [5.41, 5.74) is 6.45. The Balaban J connectivity index is 1.29. The summed E-state index contributed by atoms with van der Waals surface area (Å²) < 4.78 is 52.0. The molecule has 11 nitrogen and oxygen atoms in total. The van der Waals surface area contributed by atoms with Crippen LogP contribution < -0.4 is 5.73 Å². The van der Waals surface area contributed by atoms with Gasteiger partial charge in [-0.3, -0.25) is 4.57 Å². The molecule has 2 fully saturated rings. The van der Waals surface area contributed by atoms with Gasteiger partial charge in [0.05, 0.1) is 30.7 Å². The van der Waals surface area contributed by atoms with Crippen LogP contribution in [0.1, 0.15) is 24.3 Å². The highest BCUT2D eigenvalue weighted by Gasteiger charge is 2.45. The summed E-state index contributed by atoms with van der Waals surface area (Å²) in [4.78, 5) is 12.1. The number of rotatable bonds is 5. The van der Waals surface area contributed by atoms with Crippen LogP contribution in [0.15, 0.2) is 24.8 Å². The van der Waals surface area contributed by atoms with Crippen LogP contribution in [-0.2, 0) is 30.1 Å². The molecule has 0 radical (unpaired) electrons. The number of fused-ring (bicyclic) bond motifs is 1. The zero-order valence-corrected chi connectivity index (χ0v) is 20.2. The molecule has 6 atom stereocenters. The second-order valence-electron chi connectivity index (χ2n) is 7.88. The predicted octanol–water partition coefficient (Wildman–Crippen LogP) is 2.38. The van der Waals surface area contributed by atoms with Crippen molar-refractivity contribution in [2.75, 3.05) is 18.9 Å². The molecular formula is C19H19ClF2N5O6PS. The molecule has 16 heteroatoms. The van der Waals surface area contributed by atoms with E-state index in [9.17, 15) is 19.0 Å². The number of aliphatic hydroxyl groups excluding tert-OH is 2. The highest BCUT2D eigenvalue weighted by Crippen LogP contribution is 2.58. The van der Waals surface area contributed by atoms with Crippen molar-refractivity contribution in [2.45, 2.75) is 37.1 Å². The van der Waals surface area contributed by atoms with E-state index in [1.165, 1.54) is 17.2 Å². The van der Waals surface area contributed by atoms with Gasteiger partial charge in [0.1, 0.15) is 41.8 Å². The van der Waals surface area contributed by atoms with E-state index in [0.29, 0.717) is 17.2 Å². The van der Waals surface area contributed by atoms with Gasteiger partial charge in [0.15, 0.2) is 17.7 Å². The third-order valence-electron chi connectivity index (χ3n) is 5.67. The average Bonchev–Trinajstić information content (AvgIpc) is 3.37. The van der Waals surface area contributed by atoms with Gasteiger partial charge in [-0.2, -0.15) is 0 Å². The fourth-order valence-electron chi connectivity index (χ4n) is 3.89. The summed E-state index contributed by atoms with van der Waals surface area (Å²) in [5.74, 6) is -1.58. The second kappa shape index (κ2) is 9.54. The van der Waals surface area contributed by atoms with Gasteiger partial charge in [-0.1, -0.05) is 11.6 Å². The molecule has 35 heavy (non-hydrogen) atoms. The molecule has 3 aromatic rings. The zero-order valence-electron chi connectivity index (χ0n) is 17.7. The van der Waals surface area contributed by atoms with E-state index in [-0.39, 0.29) is 36.0 Å². The Hall–Kier alpha value is -1.87. The lowest BCUT2D eigenvalue weighted by Gasteiger charge is -2.33. The van der Waals surface area contributed by atoms with E-state index in [0.717, 1.165) is 6.07 Å². The Bertz CT molecular complexity index is 1320. The average molecular weight is 550 g/mol. The number of benzene rings is 1. The number of aliphatic hydroxyl groups is 2. The minimum atomic E-state index is -3.41. The summed E-state index contributed by atoms with van der Waals surface area (Å²) in [6, 6.07) is 1.81. The van der Waals surface area contributed by atoms with Crippen molar-refractivity contribution in [1.29, 1.82) is 0 Å². The number of halogens is 3. The minimum absolute atomic E-state index is 0.0263. The van der Waals surface area contributed by atoms with Crippen LogP contribution in [0.4, 0.5) is 14.6 Å². The molecule has 5 rings (SSSR count). The monoisotopic (exact) mass is 549 g/mol. The molecular weight excluding hydrogens is 531 g/mol. The number of hydrogen-bond donors (Lipinski definition) is 3. The Morgan fingerprint density at radius 3 is 2.83 bits per heavy atom. The lowest BCUT2D eigenvalue weighted by molar-refractivity contribution is -0.0533. The van der Waals surface area contributed by atoms with Crippen LogP contribution in [0.25, 0.3) is 11.2 Å². The maximum absolute atomic E-state index is 14.3. The number of nitrogens with zero attached hydrogens (tertiary/aromatic N) is 4. The van der Waals surface area contributed by atoms with Gasteiger partial charge in [-0.05, 0) is 17.9 Å². The van der Waals surface area contributed by atoms with Crippen molar-refractivity contribution in [3.05, 3.63) is 47.0 Å². The number of aromatic nitrogens is 4. The maximum atomic E-state index is 14.3. The fourth-order valence-corrected chi connectivity index (χ4v) is 6.17. The summed E-state index contributed by atoms with van der Waals surface area (Å²) in [5, 5.41) is 20.9. The van der Waals surface area contributed by atoms with E-state index in [2.05, 4.69) is 15.0 Å². The number of nitrogens with two attached hydrogens (primary N) is 1. The molecule has 1 aromatic carbocycles. The second-order valence-corrected chi connectivity index (χ2v) is 11.2. The highest BCUT2D eigenvalue weighted by molar-refractivity contribution is 8.07. The Morgan fingerprint density at radius 2 is 2.03 bits per heavy atom. The van der Waals surface area contributed by atoms with Gasteiger partial charge >= 0.3 is 6.72 Å². The molecule has 0 aliphatic carbocycles. The first-order chi connectivity index (χ1) is 16.7. The van der Waals surface area contributed by atoms with Crippen molar-refractivity contribution in [3.8, 4) is 0 Å². The van der Waals surface area contributed by atoms with Crippen molar-refractivity contribution >= 4 is 47.1 Å². The number of ether oxygens (including phenoxy) is 1. The van der Waals surface area contributed by atoms with Gasteiger partial charge in [0.2, 0.25) is 0 Å². The SMILES string of the molecule is Nc1ncnc2c1ncn2[C@@H]1O[C@H](COP2(=S)OCCC(c3cc(Cl)c(F)cc3F)O2)[C@@H](O)[C@H]1O. The summed E-state index contributed by atoms with van der Waals surface area (Å²) in [7, 11) is 0. The van der Waals surface area contributed by atoms with Gasteiger partial charge < -0.3 is 34.3 Å². The van der Waals surface area contributed by atoms with Crippen molar-refractivity contribution < 1.29 is 37.3 Å². The van der Waals surface area contributed by atoms with Crippen LogP contribution in [0.3, 0.4) is 0 Å². The van der Waals surface area contributed by atoms with Crippen molar-refractivity contribution in [3.63, 3.8) is 0 Å². The maximum Gasteiger partial charge on any atom is 0.327 e. The topological polar surface area (TPSA) is 147 Å². The third kappa shape index (κ3) is 4.66. The molecule has 4 N–H and O–H groups in total. The molecule has 0 spiro atoms. The Labute approximate surface area is 207 Å². The van der Waals surface area contributed by atoms with E-state index < -0.39 is 49.0 Å². The lowest BCUT2D eigenvalue weighted by Crippen LogP contribution is -2.34. The molecule has 2 aliphatic rings. The van der Waals surface area contributed by atoms with Crippen LogP contribution in [-0.4, -0.2) is 61.3 Å². The normalized spacial score (nSPS) is 31.3. The van der Waals surface area contributed by atoms with E-state index in [1.807, 2.05) is 0 Å². The summed E-state index contributed by atoms with van der Waals surface area (Å²) >= 11 is 11.2. The number of nitrogen functional groups attached to an aromatic ring is 1. The molecule has 2 aliphatic heterocycles. The first-order valence-corrected chi connectivity index (χ1v) is 13.3. The molecule has 2 aromatic heterocycles. The minimum Gasteiger partial charge on any atom is -0.387 e. The quantitative estimate of drug-likeness (QED) is 0.318. The van der Waals surface area contributed by atoms with Gasteiger partial charge in [-0.25, -0.2) is 23.7 Å². The fraction of sp³-hybridized carbons (Fsp3) is 0.421. The molecule has 0 bridgehead atoms. The van der Waals surface area contributed by atoms with Gasteiger partial charge in [-0.15, -0.1) is 0 Å². The standard InChI is InChI=1S/C19H19ClF2N5O6PS/c20-9-3-8(10(21)4-11(9)22)12-1-2-30-34(35,33-12)31-5-13-15(28)16(29)19(32-13)27-7-26-14-17(23)24-6-25-18(14)27/h3-4,6-7,12-13,15-16,19,28-29H,1-2,5H2,(H2,23,24,25)/t12?,13-,15-,16-,19-,34?/m1/s1. The van der Waals surface area contributed by atoms with Gasteiger partial charge in [0.25, 0.3) is 0 Å². The van der Waals surface area contributed by atoms with Gasteiger partial charge in [0, 0.05) is 18.1 Å². The summed E-state index contributed by atoms with van der Waals surface area (Å²) in [6.45, 7) is -3.61. The first kappa shape index (κ1) is 24.8. The van der Waals surface area contributed by atoms with Crippen LogP contribution in [0.2, 0.25) is 5.02 Å². The highest BCUT2D eigenvalue weighted by atomic mass is 35.5. The van der Waals surface area contributed by atoms with E-state index >= 15 is 0 Å². The molecule has 2 saturated heterocycles. The Kier molecular flexibility index (Phi) is 6.76. The number of imidazole rings is 1. The smallest absolute Gasteiger partial charge is 0.327 e.